The predicted molar refractivity (Wildman–Crippen MR) is 89.2 cm³/mol. The molecule has 7 heteroatoms. The van der Waals surface area contributed by atoms with Gasteiger partial charge in [-0.25, -0.2) is 4.99 Å². The van der Waals surface area contributed by atoms with Gasteiger partial charge in [0, 0.05) is 18.7 Å². The lowest BCUT2D eigenvalue weighted by Gasteiger charge is -2.30. The molecule has 118 valence electrons. The quantitative estimate of drug-likeness (QED) is 0.653. The minimum atomic E-state index is -0.386. The van der Waals surface area contributed by atoms with Gasteiger partial charge in [0.2, 0.25) is 0 Å². The molecule has 1 aliphatic rings. The van der Waals surface area contributed by atoms with Crippen LogP contribution >= 0.6 is 0 Å². The van der Waals surface area contributed by atoms with Crippen molar-refractivity contribution in [2.45, 2.75) is 13.1 Å². The summed E-state index contributed by atoms with van der Waals surface area (Å²) in [6.07, 6.45) is -0.386. The molecule has 2 aromatic carbocycles. The number of rotatable bonds is 2. The van der Waals surface area contributed by atoms with Crippen LogP contribution in [0.2, 0.25) is 0 Å². The van der Waals surface area contributed by atoms with Gasteiger partial charge >= 0.3 is 0 Å². The van der Waals surface area contributed by atoms with Crippen LogP contribution in [-0.2, 0) is 0 Å². The van der Waals surface area contributed by atoms with E-state index in [-0.39, 0.29) is 16.8 Å². The van der Waals surface area contributed by atoms with E-state index in [4.69, 9.17) is 11.5 Å². The van der Waals surface area contributed by atoms with Crippen molar-refractivity contribution in [2.24, 2.45) is 16.5 Å². The normalized spacial score (nSPS) is 16.7. The largest absolute Gasteiger partial charge is 0.369 e. The highest BCUT2D eigenvalue weighted by molar-refractivity contribution is 5.86. The molecule has 0 radical (unpaired) electrons. The van der Waals surface area contributed by atoms with E-state index in [1.165, 1.54) is 6.07 Å². The van der Waals surface area contributed by atoms with Crippen LogP contribution in [0.4, 0.5) is 11.4 Å². The first-order valence-electron chi connectivity index (χ1n) is 7.11. The van der Waals surface area contributed by atoms with Crippen molar-refractivity contribution >= 4 is 17.3 Å². The number of nitrogens with zero attached hydrogens (tertiary/aromatic N) is 3. The Morgan fingerprint density at radius 3 is 2.74 bits per heavy atom. The molecule has 1 atom stereocenters. The van der Waals surface area contributed by atoms with Crippen LogP contribution in [0.25, 0.3) is 11.1 Å². The van der Waals surface area contributed by atoms with Crippen LogP contribution in [0.3, 0.4) is 0 Å². The molecule has 1 aliphatic heterocycles. The SMILES string of the molecule is Cc1cccc([N+](=O)[O-])c1-c1ccc2c(c1)N=C(N)N(C)C2N. The summed E-state index contributed by atoms with van der Waals surface area (Å²) in [5.41, 5.74) is 15.7. The number of hydrogen-bond donors (Lipinski definition) is 2. The maximum Gasteiger partial charge on any atom is 0.277 e. The fourth-order valence-electron chi connectivity index (χ4n) is 2.78. The first-order chi connectivity index (χ1) is 10.9. The highest BCUT2D eigenvalue weighted by Crippen LogP contribution is 2.38. The van der Waals surface area contributed by atoms with Crippen molar-refractivity contribution in [2.75, 3.05) is 7.05 Å². The maximum atomic E-state index is 11.3. The van der Waals surface area contributed by atoms with E-state index < -0.39 is 0 Å². The number of hydrogen-bond acceptors (Lipinski definition) is 6. The lowest BCUT2D eigenvalue weighted by molar-refractivity contribution is -0.384. The molecule has 1 heterocycles. The number of nitro benzene ring substituents is 1. The first kappa shape index (κ1) is 15.0. The van der Waals surface area contributed by atoms with Crippen molar-refractivity contribution in [1.29, 1.82) is 0 Å². The Bertz CT molecular complexity index is 831. The average Bonchev–Trinajstić information content (AvgIpc) is 2.52. The standard InChI is InChI=1S/C16H17N5O2/c1-9-4-3-5-13(21(22)23)14(9)10-6-7-11-12(8-10)19-16(18)20(2)15(11)17/h3-8,15H,17H2,1-2H3,(H2,18,19). The van der Waals surface area contributed by atoms with E-state index in [0.29, 0.717) is 17.2 Å². The van der Waals surface area contributed by atoms with Crippen LogP contribution < -0.4 is 11.5 Å². The van der Waals surface area contributed by atoms with E-state index in [1.54, 1.807) is 24.1 Å². The minimum absolute atomic E-state index is 0.0686. The second-order valence-corrected chi connectivity index (χ2v) is 5.53. The highest BCUT2D eigenvalue weighted by Gasteiger charge is 2.24. The molecule has 0 aliphatic carbocycles. The van der Waals surface area contributed by atoms with Crippen molar-refractivity contribution in [3.63, 3.8) is 0 Å². The van der Waals surface area contributed by atoms with Crippen LogP contribution in [0.15, 0.2) is 41.4 Å². The molecule has 23 heavy (non-hydrogen) atoms. The number of guanidine groups is 1. The molecule has 0 fully saturated rings. The van der Waals surface area contributed by atoms with Gasteiger partial charge in [0.05, 0.1) is 16.2 Å². The van der Waals surface area contributed by atoms with Crippen LogP contribution in [-0.4, -0.2) is 22.8 Å². The Morgan fingerprint density at radius 1 is 1.30 bits per heavy atom. The van der Waals surface area contributed by atoms with Gasteiger partial charge in [0.25, 0.3) is 5.69 Å². The first-order valence-corrected chi connectivity index (χ1v) is 7.11. The molecule has 0 aromatic heterocycles. The molecule has 7 nitrogen and oxygen atoms in total. The third kappa shape index (κ3) is 2.40. The van der Waals surface area contributed by atoms with Gasteiger partial charge in [-0.2, -0.15) is 0 Å². The Kier molecular flexibility index (Phi) is 3.49. The summed E-state index contributed by atoms with van der Waals surface area (Å²) >= 11 is 0. The van der Waals surface area contributed by atoms with Gasteiger partial charge in [-0.3, -0.25) is 10.1 Å². The molecular formula is C16H17N5O2. The molecule has 0 amide bonds. The Hall–Kier alpha value is -2.93. The molecule has 3 rings (SSSR count). The molecule has 0 saturated heterocycles. The van der Waals surface area contributed by atoms with E-state index in [0.717, 1.165) is 16.7 Å². The minimum Gasteiger partial charge on any atom is -0.369 e. The van der Waals surface area contributed by atoms with Crippen molar-refractivity contribution in [3.05, 3.63) is 57.6 Å². The van der Waals surface area contributed by atoms with Crippen molar-refractivity contribution in [3.8, 4) is 11.1 Å². The van der Waals surface area contributed by atoms with Gasteiger partial charge in [0.1, 0.15) is 6.17 Å². The van der Waals surface area contributed by atoms with E-state index in [1.807, 2.05) is 25.1 Å². The number of aryl methyl sites for hydroxylation is 1. The third-order valence-electron chi connectivity index (χ3n) is 4.10. The van der Waals surface area contributed by atoms with Gasteiger partial charge in [-0.1, -0.05) is 24.3 Å². The summed E-state index contributed by atoms with van der Waals surface area (Å²) in [6, 6.07) is 10.5. The molecule has 4 N–H and O–H groups in total. The van der Waals surface area contributed by atoms with Crippen LogP contribution in [0, 0.1) is 17.0 Å². The molecular weight excluding hydrogens is 294 g/mol. The summed E-state index contributed by atoms with van der Waals surface area (Å²) in [5.74, 6) is 0.321. The third-order valence-corrected chi connectivity index (χ3v) is 4.10. The Labute approximate surface area is 133 Å². The van der Waals surface area contributed by atoms with Crippen molar-refractivity contribution < 1.29 is 4.92 Å². The van der Waals surface area contributed by atoms with E-state index >= 15 is 0 Å². The summed E-state index contributed by atoms with van der Waals surface area (Å²) in [4.78, 5) is 17.0. The number of fused-ring (bicyclic) bond motifs is 1. The number of nitrogens with two attached hydrogens (primary N) is 2. The van der Waals surface area contributed by atoms with Crippen LogP contribution in [0.1, 0.15) is 17.3 Å². The zero-order valence-electron chi connectivity index (χ0n) is 12.9. The van der Waals surface area contributed by atoms with Gasteiger partial charge < -0.3 is 16.4 Å². The molecule has 2 aromatic rings. The second-order valence-electron chi connectivity index (χ2n) is 5.53. The van der Waals surface area contributed by atoms with E-state index in [2.05, 4.69) is 4.99 Å². The smallest absolute Gasteiger partial charge is 0.277 e. The summed E-state index contributed by atoms with van der Waals surface area (Å²) in [7, 11) is 1.77. The Balaban J connectivity index is 2.20. The predicted octanol–water partition coefficient (Wildman–Crippen LogP) is 2.42. The number of aliphatic imine (C=N–C) groups is 1. The average molecular weight is 311 g/mol. The zero-order valence-corrected chi connectivity index (χ0v) is 12.9. The molecule has 0 bridgehead atoms. The van der Waals surface area contributed by atoms with Crippen LogP contribution in [0.5, 0.6) is 0 Å². The Morgan fingerprint density at radius 2 is 2.04 bits per heavy atom. The van der Waals surface area contributed by atoms with Gasteiger partial charge in [0.15, 0.2) is 5.96 Å². The maximum absolute atomic E-state index is 11.3. The van der Waals surface area contributed by atoms with Crippen molar-refractivity contribution in [1.82, 2.24) is 4.90 Å². The molecule has 1 unspecified atom stereocenters. The van der Waals surface area contributed by atoms with Gasteiger partial charge in [-0.05, 0) is 24.1 Å². The van der Waals surface area contributed by atoms with Gasteiger partial charge in [-0.15, -0.1) is 0 Å². The monoisotopic (exact) mass is 311 g/mol. The summed E-state index contributed by atoms with van der Waals surface area (Å²) in [5, 5.41) is 11.3. The van der Waals surface area contributed by atoms with E-state index in [9.17, 15) is 10.1 Å². The highest BCUT2D eigenvalue weighted by atomic mass is 16.6. The zero-order chi connectivity index (χ0) is 16.7. The second kappa shape index (κ2) is 5.36. The molecule has 0 spiro atoms. The fourth-order valence-corrected chi connectivity index (χ4v) is 2.78. The summed E-state index contributed by atoms with van der Waals surface area (Å²) < 4.78 is 0. The number of nitro groups is 1. The summed E-state index contributed by atoms with van der Waals surface area (Å²) in [6.45, 7) is 1.85. The molecule has 0 saturated carbocycles. The number of benzene rings is 2. The lowest BCUT2D eigenvalue weighted by Crippen LogP contribution is -2.42. The topological polar surface area (TPSA) is 111 Å². The lowest BCUT2D eigenvalue weighted by atomic mass is 9.95. The fraction of sp³-hybridized carbons (Fsp3) is 0.188.